The zero-order valence-corrected chi connectivity index (χ0v) is 43.0. The van der Waals surface area contributed by atoms with Gasteiger partial charge >= 0.3 is 12.1 Å². The Labute approximate surface area is 389 Å². The number of hydrogen-bond acceptors (Lipinski definition) is 9. The van der Waals surface area contributed by atoms with E-state index in [2.05, 4.69) is 131 Å². The smallest absolute Gasteiger partial charge is 0.424 e. The van der Waals surface area contributed by atoms with Crippen LogP contribution >= 0.6 is 0 Å². The van der Waals surface area contributed by atoms with Crippen molar-refractivity contribution in [1.29, 1.82) is 0 Å². The fraction of sp³-hybridized carbons (Fsp3) is 0.540. The number of para-hydroxylation sites is 1. The quantitative estimate of drug-likeness (QED) is 0.0324. The summed E-state index contributed by atoms with van der Waals surface area (Å²) in [6, 6.07) is 27.2. The monoisotopic (exact) mass is 929 g/mol. The number of hydrazine groups is 1. The third kappa shape index (κ3) is 13.2. The fourth-order valence-corrected chi connectivity index (χ4v) is 10.3. The van der Waals surface area contributed by atoms with Crippen molar-refractivity contribution < 1.29 is 33.1 Å². The average molecular weight is 929 g/mol. The van der Waals surface area contributed by atoms with Gasteiger partial charge in [0.2, 0.25) is 0 Å². The number of carboxylic acid groups (broad SMARTS) is 1. The van der Waals surface area contributed by atoms with E-state index in [4.69, 9.17) is 13.6 Å². The van der Waals surface area contributed by atoms with Gasteiger partial charge in [0, 0.05) is 63.9 Å². The summed E-state index contributed by atoms with van der Waals surface area (Å²) in [5, 5.41) is 23.5. The minimum Gasteiger partial charge on any atom is -0.481 e. The van der Waals surface area contributed by atoms with Gasteiger partial charge in [-0.15, -0.1) is 0 Å². The van der Waals surface area contributed by atoms with Crippen LogP contribution in [0.4, 0.5) is 4.79 Å². The van der Waals surface area contributed by atoms with Gasteiger partial charge in [-0.2, -0.15) is 0 Å². The third-order valence-electron chi connectivity index (χ3n) is 13.7. The van der Waals surface area contributed by atoms with E-state index in [1.807, 2.05) is 48.5 Å². The number of ether oxygens (including phenoxy) is 1. The largest absolute Gasteiger partial charge is 0.481 e. The van der Waals surface area contributed by atoms with Crippen LogP contribution in [0.2, 0.25) is 36.3 Å². The lowest BCUT2D eigenvalue weighted by Crippen LogP contribution is -2.59. The van der Waals surface area contributed by atoms with E-state index in [9.17, 15) is 19.5 Å². The number of fused-ring (bicyclic) bond motifs is 4. The van der Waals surface area contributed by atoms with Gasteiger partial charge in [-0.1, -0.05) is 108 Å². The molecule has 0 bridgehead atoms. The predicted octanol–water partition coefficient (Wildman–Crippen LogP) is 8.81. The lowest BCUT2D eigenvalue weighted by molar-refractivity contribution is -0.137. The number of amides is 2. The van der Waals surface area contributed by atoms with Crippen LogP contribution in [0.1, 0.15) is 77.1 Å². The van der Waals surface area contributed by atoms with Gasteiger partial charge in [-0.3, -0.25) is 9.59 Å². The third-order valence-corrected chi connectivity index (χ3v) is 22.6. The summed E-state index contributed by atoms with van der Waals surface area (Å²) in [7, 11) is -1.16. The second-order valence-corrected chi connectivity index (χ2v) is 30.0. The summed E-state index contributed by atoms with van der Waals surface area (Å²) in [6.45, 7) is 25.3. The van der Waals surface area contributed by atoms with Crippen LogP contribution in [0.25, 0.3) is 22.0 Å². The van der Waals surface area contributed by atoms with Gasteiger partial charge in [0.15, 0.2) is 22.7 Å². The Morgan fingerprint density at radius 3 is 1.97 bits per heavy atom. The molecule has 0 saturated carbocycles. The maximum Gasteiger partial charge on any atom is 0.424 e. The first kappa shape index (κ1) is 51.6. The number of carbonyl (C=O) groups excluding carboxylic acids is 2. The molecule has 0 fully saturated rings. The molecule has 356 valence electrons. The normalized spacial score (nSPS) is 14.3. The van der Waals surface area contributed by atoms with Gasteiger partial charge in [-0.05, 0) is 89.0 Å². The molecule has 2 unspecified atom stereocenters. The van der Waals surface area contributed by atoms with Crippen molar-refractivity contribution >= 4 is 45.5 Å². The van der Waals surface area contributed by atoms with Crippen LogP contribution in [0, 0.1) is 0 Å². The first-order valence-corrected chi connectivity index (χ1v) is 29.0. The molecule has 4 N–H and O–H groups in total. The number of benzene rings is 3. The Bertz CT molecular complexity index is 2190. The summed E-state index contributed by atoms with van der Waals surface area (Å²) in [4.78, 5) is 38.9. The number of hydrogen-bond donors (Lipinski definition) is 4. The lowest BCUT2D eigenvalue weighted by Gasteiger charge is -2.44. The van der Waals surface area contributed by atoms with Crippen LogP contribution in [-0.2, 0) is 36.3 Å². The SMILES string of the molecule is CN(Cc1cc2ccccc2n1CCCNCCNC(=O)C(O[Si](C)(C)C(C)(C)C)C(CNCCC(=O)O)O[Si](C)(C)C(C)(C)C)N(C)C(=O)OCC1c2ccccc2-c2ccccc21. The topological polar surface area (TPSA) is 147 Å². The lowest BCUT2D eigenvalue weighted by atomic mass is 9.98. The fourth-order valence-electron chi connectivity index (χ4n) is 7.69. The van der Waals surface area contributed by atoms with E-state index in [0.717, 1.165) is 36.1 Å². The van der Waals surface area contributed by atoms with Crippen molar-refractivity contribution in [2.45, 2.75) is 122 Å². The minimum absolute atomic E-state index is 0.0132. The maximum atomic E-state index is 14.2. The Hall–Kier alpha value is -4.36. The number of aliphatic carboxylic acids is 1. The summed E-state index contributed by atoms with van der Waals surface area (Å²) in [6.07, 6.45) is -1.07. The summed E-state index contributed by atoms with van der Waals surface area (Å²) < 4.78 is 22.1. The molecule has 15 heteroatoms. The van der Waals surface area contributed by atoms with Crippen molar-refractivity contribution in [3.05, 3.63) is 95.7 Å². The van der Waals surface area contributed by atoms with Crippen LogP contribution in [0.15, 0.2) is 78.9 Å². The molecule has 2 amide bonds. The molecule has 0 saturated heterocycles. The maximum absolute atomic E-state index is 14.2. The number of rotatable bonds is 23. The Morgan fingerprint density at radius 1 is 0.769 bits per heavy atom. The van der Waals surface area contributed by atoms with Crippen LogP contribution in [-0.4, -0.2) is 120 Å². The van der Waals surface area contributed by atoms with E-state index >= 15 is 0 Å². The molecule has 5 rings (SSSR count). The van der Waals surface area contributed by atoms with Gasteiger partial charge in [0.25, 0.3) is 5.91 Å². The molecule has 0 radical (unpaired) electrons. The number of nitrogens with zero attached hydrogens (tertiary/aromatic N) is 3. The highest BCUT2D eigenvalue weighted by Gasteiger charge is 2.46. The number of aryl methyl sites for hydroxylation is 1. The first-order valence-electron chi connectivity index (χ1n) is 23.2. The molecule has 4 aromatic rings. The van der Waals surface area contributed by atoms with E-state index < -0.39 is 40.9 Å². The molecule has 13 nitrogen and oxygen atoms in total. The number of carboxylic acids is 1. The molecule has 1 aliphatic carbocycles. The molecule has 1 aliphatic rings. The Kier molecular flexibility index (Phi) is 17.4. The number of nitrogens with one attached hydrogen (secondary N) is 3. The van der Waals surface area contributed by atoms with Gasteiger partial charge in [0.1, 0.15) is 6.61 Å². The van der Waals surface area contributed by atoms with E-state index in [0.29, 0.717) is 26.2 Å². The highest BCUT2D eigenvalue weighted by Crippen LogP contribution is 2.45. The zero-order valence-electron chi connectivity index (χ0n) is 41.0. The highest BCUT2D eigenvalue weighted by molar-refractivity contribution is 6.74. The molecule has 0 aliphatic heterocycles. The Balaban J connectivity index is 1.17. The number of aromatic nitrogens is 1. The van der Waals surface area contributed by atoms with Crippen molar-refractivity contribution in [2.24, 2.45) is 0 Å². The Morgan fingerprint density at radius 2 is 1.35 bits per heavy atom. The molecular formula is C50H76N6O7Si2. The summed E-state index contributed by atoms with van der Waals surface area (Å²) in [5.74, 6) is -1.12. The number of carbonyl (C=O) groups is 3. The summed E-state index contributed by atoms with van der Waals surface area (Å²) in [5.41, 5.74) is 6.96. The minimum atomic E-state index is -2.44. The molecule has 0 spiro atoms. The molecule has 1 aromatic heterocycles. The van der Waals surface area contributed by atoms with Crippen molar-refractivity contribution in [2.75, 3.05) is 53.4 Å². The van der Waals surface area contributed by atoms with Crippen LogP contribution < -0.4 is 16.0 Å². The van der Waals surface area contributed by atoms with Crippen LogP contribution in [0.5, 0.6) is 0 Å². The van der Waals surface area contributed by atoms with Crippen molar-refractivity contribution in [3.63, 3.8) is 0 Å². The molecule has 2 atom stereocenters. The van der Waals surface area contributed by atoms with Crippen LogP contribution in [0.3, 0.4) is 0 Å². The van der Waals surface area contributed by atoms with Crippen molar-refractivity contribution in [1.82, 2.24) is 30.5 Å². The second-order valence-electron chi connectivity index (χ2n) is 20.4. The van der Waals surface area contributed by atoms with Gasteiger partial charge in [-0.25, -0.2) is 14.8 Å². The molecule has 3 aromatic carbocycles. The molecule has 65 heavy (non-hydrogen) atoms. The van der Waals surface area contributed by atoms with Gasteiger partial charge in [0.05, 0.1) is 19.1 Å². The first-order chi connectivity index (χ1) is 30.5. The van der Waals surface area contributed by atoms with E-state index in [-0.39, 0.29) is 41.5 Å². The zero-order chi connectivity index (χ0) is 47.7. The van der Waals surface area contributed by atoms with Gasteiger partial charge < -0.3 is 39.2 Å². The second kappa shape index (κ2) is 22.0. The van der Waals surface area contributed by atoms with Crippen molar-refractivity contribution in [3.8, 4) is 11.1 Å². The summed E-state index contributed by atoms with van der Waals surface area (Å²) >= 11 is 0. The van der Waals surface area contributed by atoms with E-state index in [1.165, 1.54) is 22.3 Å². The molecular weight excluding hydrogens is 853 g/mol. The predicted molar refractivity (Wildman–Crippen MR) is 266 cm³/mol. The highest BCUT2D eigenvalue weighted by atomic mass is 28.4. The van der Waals surface area contributed by atoms with E-state index in [1.54, 1.807) is 12.1 Å². The average Bonchev–Trinajstić information content (AvgIpc) is 3.75. The molecule has 1 heterocycles. The standard InChI is InChI=1S/C50H76N6O7Si2/c1-49(2,3)64(9,10)62-44(33-52-28-26-45(57)58)46(63-65(11,12)50(4,5)6)47(59)53-30-29-51-27-19-31-56-37(32-36-20-13-18-25-43(36)56)34-54(7)55(8)48(60)61-35-42-40-23-16-14-21-38(40)39-22-15-17-24-41(39)42/h13-18,20-25,32,42,44,46,51-52H,19,26-31,33-35H2,1-12H3,(H,53,59)(H,57,58).